The Morgan fingerprint density at radius 3 is 1.84 bits per heavy atom. The van der Waals surface area contributed by atoms with E-state index in [-0.39, 0.29) is 5.41 Å². The summed E-state index contributed by atoms with van der Waals surface area (Å²) in [7, 11) is 0. The third-order valence-corrected chi connectivity index (χ3v) is 13.2. The lowest BCUT2D eigenvalue weighted by molar-refractivity contribution is 0.660. The zero-order chi connectivity index (χ0) is 38.1. The average Bonchev–Trinajstić information content (AvgIpc) is 3.75. The number of rotatable bonds is 6. The molecular weight excluding hydrogens is 707 g/mol. The van der Waals surface area contributed by atoms with Crippen molar-refractivity contribution >= 4 is 59.3 Å². The van der Waals surface area contributed by atoms with E-state index in [2.05, 4.69) is 219 Å². The van der Waals surface area contributed by atoms with Gasteiger partial charge in [0, 0.05) is 42.5 Å². The second-order valence-corrected chi connectivity index (χ2v) is 16.8. The maximum Gasteiger partial charge on any atom is 0.0540 e. The van der Waals surface area contributed by atoms with Crippen molar-refractivity contribution in [1.29, 1.82) is 0 Å². The van der Waals surface area contributed by atoms with Gasteiger partial charge in [-0.3, -0.25) is 0 Å². The van der Waals surface area contributed by atoms with E-state index in [1.807, 2.05) is 11.3 Å². The molecule has 0 N–H and O–H groups in total. The van der Waals surface area contributed by atoms with E-state index in [0.29, 0.717) is 0 Å². The lowest BCUT2D eigenvalue weighted by atomic mass is 9.81. The Kier molecular flexibility index (Phi) is 7.77. The predicted molar refractivity (Wildman–Crippen MR) is 245 cm³/mol. The summed E-state index contributed by atoms with van der Waals surface area (Å²) in [5.74, 6) is 0. The Morgan fingerprint density at radius 2 is 0.982 bits per heavy atom. The van der Waals surface area contributed by atoms with E-state index in [1.54, 1.807) is 0 Å². The van der Waals surface area contributed by atoms with Crippen LogP contribution in [0, 0.1) is 0 Å². The molecule has 270 valence electrons. The number of benzene rings is 9. The van der Waals surface area contributed by atoms with E-state index in [1.165, 1.54) is 86.6 Å². The predicted octanol–water partition coefficient (Wildman–Crippen LogP) is 16.0. The molecule has 0 bridgehead atoms. The second-order valence-electron chi connectivity index (χ2n) is 15.7. The molecular formula is C55H39NS. The van der Waals surface area contributed by atoms with Gasteiger partial charge in [0.25, 0.3) is 0 Å². The minimum absolute atomic E-state index is 0.194. The molecule has 0 saturated carbocycles. The molecule has 2 heteroatoms. The summed E-state index contributed by atoms with van der Waals surface area (Å²) in [6, 6.07) is 73.9. The monoisotopic (exact) mass is 745 g/mol. The zero-order valence-corrected chi connectivity index (χ0v) is 32.7. The van der Waals surface area contributed by atoms with Crippen molar-refractivity contribution in [1.82, 2.24) is 0 Å². The number of hydrogen-bond acceptors (Lipinski definition) is 2. The highest BCUT2D eigenvalue weighted by Crippen LogP contribution is 2.52. The molecule has 0 atom stereocenters. The number of fused-ring (bicyclic) bond motifs is 7. The highest BCUT2D eigenvalue weighted by Gasteiger charge is 2.36. The van der Waals surface area contributed by atoms with Gasteiger partial charge in [-0.25, -0.2) is 0 Å². The number of hydrogen-bond donors (Lipinski definition) is 0. The van der Waals surface area contributed by atoms with Crippen LogP contribution in [-0.4, -0.2) is 0 Å². The van der Waals surface area contributed by atoms with E-state index >= 15 is 0 Å². The normalized spacial score (nSPS) is 12.9. The molecule has 0 spiro atoms. The fraction of sp³-hybridized carbons (Fsp3) is 0.0545. The fourth-order valence-corrected chi connectivity index (χ4v) is 10.3. The maximum atomic E-state index is 2.45. The Labute approximate surface area is 337 Å². The molecule has 11 rings (SSSR count). The SMILES string of the molecule is CC1(C)c2cc(-c3cccc4ccccc34)ccc2-c2ccc(N(c3ccc(-c4ccc5sc6ccccc6c5c4)cc3)c3ccccc3-c3ccccc3)cc21. The smallest absolute Gasteiger partial charge is 0.0540 e. The lowest BCUT2D eigenvalue weighted by Crippen LogP contribution is -2.17. The summed E-state index contributed by atoms with van der Waals surface area (Å²) in [5, 5.41) is 5.20. The van der Waals surface area contributed by atoms with Crippen LogP contribution in [-0.2, 0) is 5.41 Å². The van der Waals surface area contributed by atoms with E-state index in [9.17, 15) is 0 Å². The molecule has 0 amide bonds. The molecule has 1 aromatic heterocycles. The lowest BCUT2D eigenvalue weighted by Gasteiger charge is -2.30. The summed E-state index contributed by atoms with van der Waals surface area (Å²) in [6.45, 7) is 4.78. The Morgan fingerprint density at radius 1 is 0.368 bits per heavy atom. The van der Waals surface area contributed by atoms with Gasteiger partial charge in [0.05, 0.1) is 5.69 Å². The molecule has 0 unspecified atom stereocenters. The molecule has 9 aromatic carbocycles. The van der Waals surface area contributed by atoms with Gasteiger partial charge in [0.1, 0.15) is 0 Å². The summed E-state index contributed by atoms with van der Waals surface area (Å²) >= 11 is 1.86. The summed E-state index contributed by atoms with van der Waals surface area (Å²) in [4.78, 5) is 2.45. The molecule has 10 aromatic rings. The number of anilines is 3. The number of thiophene rings is 1. The minimum Gasteiger partial charge on any atom is -0.310 e. The number of para-hydroxylation sites is 1. The van der Waals surface area contributed by atoms with Crippen LogP contribution in [0.5, 0.6) is 0 Å². The first kappa shape index (κ1) is 33.6. The van der Waals surface area contributed by atoms with Crippen molar-refractivity contribution in [2.24, 2.45) is 0 Å². The van der Waals surface area contributed by atoms with Crippen molar-refractivity contribution in [2.45, 2.75) is 19.3 Å². The van der Waals surface area contributed by atoms with Gasteiger partial charge < -0.3 is 4.90 Å². The van der Waals surface area contributed by atoms with Gasteiger partial charge in [0.15, 0.2) is 0 Å². The molecule has 1 aliphatic rings. The first-order chi connectivity index (χ1) is 28.0. The van der Waals surface area contributed by atoms with E-state index < -0.39 is 0 Å². The van der Waals surface area contributed by atoms with Crippen molar-refractivity contribution in [3.63, 3.8) is 0 Å². The van der Waals surface area contributed by atoms with Crippen molar-refractivity contribution in [3.8, 4) is 44.5 Å². The molecule has 1 aliphatic carbocycles. The molecule has 0 radical (unpaired) electrons. The Hall–Kier alpha value is -6.74. The first-order valence-corrected chi connectivity index (χ1v) is 20.6. The molecule has 1 heterocycles. The molecule has 0 aliphatic heterocycles. The summed E-state index contributed by atoms with van der Waals surface area (Å²) in [5.41, 5.74) is 15.9. The Balaban J connectivity index is 1.03. The van der Waals surface area contributed by atoms with Gasteiger partial charge in [-0.15, -0.1) is 11.3 Å². The Bertz CT molecular complexity index is 3150. The molecule has 1 nitrogen and oxygen atoms in total. The van der Waals surface area contributed by atoms with E-state index in [0.717, 1.165) is 17.1 Å². The summed E-state index contributed by atoms with van der Waals surface area (Å²) < 4.78 is 2.66. The standard InChI is InChI=1S/C55H39NS/c1-55(2)50-34-40(44-20-12-16-37-15-6-7-17-43(37)44)25-30-46(50)47-31-29-42(35-51(47)55)56(52-21-10-8-18-45(52)38-13-4-3-5-14-38)41-27-23-36(24-28-41)39-26-32-54-49(33-39)48-19-9-11-22-53(48)57-54/h3-35H,1-2H3. The van der Waals surface area contributed by atoms with Crippen LogP contribution in [0.25, 0.3) is 75.5 Å². The number of nitrogens with zero attached hydrogens (tertiary/aromatic N) is 1. The van der Waals surface area contributed by atoms with Gasteiger partial charge in [0.2, 0.25) is 0 Å². The fourth-order valence-electron chi connectivity index (χ4n) is 9.18. The van der Waals surface area contributed by atoms with Gasteiger partial charge in [-0.05, 0) is 115 Å². The topological polar surface area (TPSA) is 3.24 Å². The quantitative estimate of drug-likeness (QED) is 0.164. The van der Waals surface area contributed by atoms with Crippen molar-refractivity contribution in [3.05, 3.63) is 211 Å². The van der Waals surface area contributed by atoms with Gasteiger partial charge in [-0.2, -0.15) is 0 Å². The highest BCUT2D eigenvalue weighted by atomic mass is 32.1. The first-order valence-electron chi connectivity index (χ1n) is 19.8. The molecule has 0 saturated heterocycles. The van der Waals surface area contributed by atoms with Crippen molar-refractivity contribution < 1.29 is 0 Å². The molecule has 57 heavy (non-hydrogen) atoms. The maximum absolute atomic E-state index is 2.45. The van der Waals surface area contributed by atoms with E-state index in [4.69, 9.17) is 0 Å². The highest BCUT2D eigenvalue weighted by molar-refractivity contribution is 7.25. The van der Waals surface area contributed by atoms with Crippen LogP contribution >= 0.6 is 11.3 Å². The minimum atomic E-state index is -0.194. The third-order valence-electron chi connectivity index (χ3n) is 12.1. The second kappa shape index (κ2) is 13.2. The summed E-state index contributed by atoms with van der Waals surface area (Å²) in [6.07, 6.45) is 0. The average molecular weight is 746 g/mol. The van der Waals surface area contributed by atoms with Crippen molar-refractivity contribution in [2.75, 3.05) is 4.90 Å². The van der Waals surface area contributed by atoms with Gasteiger partial charge in [-0.1, -0.05) is 159 Å². The third kappa shape index (κ3) is 5.51. The van der Waals surface area contributed by atoms with Crippen LogP contribution < -0.4 is 4.90 Å². The van der Waals surface area contributed by atoms with Crippen LogP contribution in [0.1, 0.15) is 25.0 Å². The molecule has 0 fully saturated rings. The van der Waals surface area contributed by atoms with Crippen LogP contribution in [0.2, 0.25) is 0 Å². The zero-order valence-electron chi connectivity index (χ0n) is 31.9. The van der Waals surface area contributed by atoms with Crippen LogP contribution in [0.4, 0.5) is 17.1 Å². The van der Waals surface area contributed by atoms with Gasteiger partial charge >= 0.3 is 0 Å². The largest absolute Gasteiger partial charge is 0.310 e. The van der Waals surface area contributed by atoms with Crippen LogP contribution in [0.3, 0.4) is 0 Å². The van der Waals surface area contributed by atoms with Crippen LogP contribution in [0.15, 0.2) is 200 Å².